The maximum atomic E-state index is 13.8. The molecule has 4 rings (SSSR count). The van der Waals surface area contributed by atoms with Gasteiger partial charge in [0.25, 0.3) is 5.91 Å². The van der Waals surface area contributed by atoms with Gasteiger partial charge in [-0.2, -0.15) is 0 Å². The number of aryl methyl sites for hydroxylation is 3. The molecule has 1 amide bonds. The van der Waals surface area contributed by atoms with Gasteiger partial charge in [-0.1, -0.05) is 11.3 Å². The summed E-state index contributed by atoms with van der Waals surface area (Å²) in [5.74, 6) is -1.35. The molecule has 9 nitrogen and oxygen atoms in total. The fourth-order valence-corrected chi connectivity index (χ4v) is 5.92. The molecular weight excluding hydrogens is 490 g/mol. The van der Waals surface area contributed by atoms with Crippen LogP contribution in [0.2, 0.25) is 0 Å². The molecule has 11 heteroatoms. The second-order valence-corrected chi connectivity index (χ2v) is 10.1. The normalized spacial score (nSPS) is 15.7. The van der Waals surface area contributed by atoms with E-state index in [1.165, 1.54) is 37.4 Å². The Kier molecular flexibility index (Phi) is 6.48. The monoisotopic (exact) mass is 513 g/mol. The minimum absolute atomic E-state index is 0.120. The van der Waals surface area contributed by atoms with Crippen LogP contribution in [0.15, 0.2) is 29.5 Å². The molecule has 35 heavy (non-hydrogen) atoms. The topological polar surface area (TPSA) is 119 Å². The molecule has 0 radical (unpaired) electrons. The van der Waals surface area contributed by atoms with Gasteiger partial charge in [0.15, 0.2) is 16.7 Å². The molecule has 0 saturated heterocycles. The molecular formula is C24H23N3O6S2. The van der Waals surface area contributed by atoms with Gasteiger partial charge < -0.3 is 14.6 Å². The number of aromatic nitrogens is 2. The molecule has 3 aromatic rings. The number of thiazole rings is 2. The smallest absolute Gasteiger partial charge is 0.296 e. The van der Waals surface area contributed by atoms with Crippen molar-refractivity contribution in [1.82, 2.24) is 9.97 Å². The molecule has 182 valence electrons. The van der Waals surface area contributed by atoms with Crippen molar-refractivity contribution < 1.29 is 29.0 Å². The first-order valence-electron chi connectivity index (χ1n) is 10.5. The van der Waals surface area contributed by atoms with Gasteiger partial charge in [-0.3, -0.25) is 19.3 Å². The maximum absolute atomic E-state index is 13.8. The lowest BCUT2D eigenvalue weighted by molar-refractivity contribution is -0.117. The number of benzene rings is 1. The van der Waals surface area contributed by atoms with Crippen LogP contribution in [0, 0.1) is 20.8 Å². The first kappa shape index (κ1) is 24.6. The third-order valence-electron chi connectivity index (χ3n) is 5.61. The summed E-state index contributed by atoms with van der Waals surface area (Å²) in [6.45, 7) is 6.56. The van der Waals surface area contributed by atoms with E-state index in [-0.39, 0.29) is 16.5 Å². The molecule has 1 aromatic carbocycles. The van der Waals surface area contributed by atoms with E-state index in [1.54, 1.807) is 39.0 Å². The average molecular weight is 514 g/mol. The van der Waals surface area contributed by atoms with Crippen molar-refractivity contribution in [2.45, 2.75) is 33.7 Å². The highest BCUT2D eigenvalue weighted by atomic mass is 32.1. The first-order valence-corrected chi connectivity index (χ1v) is 12.2. The van der Waals surface area contributed by atoms with Crippen molar-refractivity contribution in [3.05, 3.63) is 61.2 Å². The lowest BCUT2D eigenvalue weighted by atomic mass is 9.94. The highest BCUT2D eigenvalue weighted by molar-refractivity contribution is 7.18. The molecule has 0 bridgehead atoms. The number of hydrogen-bond acceptors (Lipinski definition) is 10. The minimum atomic E-state index is -1.08. The van der Waals surface area contributed by atoms with Gasteiger partial charge in [0, 0.05) is 12.5 Å². The number of nitrogens with zero attached hydrogens (tertiary/aromatic N) is 3. The van der Waals surface area contributed by atoms with Gasteiger partial charge in [0.1, 0.15) is 17.5 Å². The summed E-state index contributed by atoms with van der Waals surface area (Å²) in [6.07, 6.45) is 0. The number of aliphatic hydroxyl groups excluding tert-OH is 1. The Morgan fingerprint density at radius 2 is 1.71 bits per heavy atom. The number of Topliss-reactive ketones (excluding diaryl/α,β-unsaturated/α-hetero) is 2. The van der Waals surface area contributed by atoms with Gasteiger partial charge in [0.05, 0.1) is 45.9 Å². The van der Waals surface area contributed by atoms with Crippen molar-refractivity contribution in [2.75, 3.05) is 19.1 Å². The Balaban J connectivity index is 1.98. The van der Waals surface area contributed by atoms with E-state index in [0.29, 0.717) is 43.2 Å². The number of ketones is 2. The molecule has 3 heterocycles. The molecule has 0 saturated carbocycles. The Bertz CT molecular complexity index is 1400. The summed E-state index contributed by atoms with van der Waals surface area (Å²) < 4.78 is 10.9. The van der Waals surface area contributed by atoms with Crippen LogP contribution < -0.4 is 14.4 Å². The van der Waals surface area contributed by atoms with Crippen LogP contribution in [-0.4, -0.2) is 46.8 Å². The largest absolute Gasteiger partial charge is 0.503 e. The zero-order chi connectivity index (χ0) is 25.6. The lowest BCUT2D eigenvalue weighted by Crippen LogP contribution is -2.31. The Morgan fingerprint density at radius 1 is 1.03 bits per heavy atom. The zero-order valence-corrected chi connectivity index (χ0v) is 21.6. The third kappa shape index (κ3) is 4.10. The van der Waals surface area contributed by atoms with Crippen LogP contribution in [0.1, 0.15) is 54.3 Å². The van der Waals surface area contributed by atoms with Crippen LogP contribution in [0.4, 0.5) is 5.13 Å². The summed E-state index contributed by atoms with van der Waals surface area (Å²) in [6, 6.07) is 3.91. The molecule has 0 fully saturated rings. The fraction of sp³-hybridized carbons (Fsp3) is 0.292. The number of aliphatic hydroxyl groups is 1. The number of carbonyl (C=O) groups excluding carboxylic acids is 3. The average Bonchev–Trinajstić information content (AvgIpc) is 3.45. The summed E-state index contributed by atoms with van der Waals surface area (Å²) in [5, 5.41) is 11.9. The van der Waals surface area contributed by atoms with E-state index in [9.17, 15) is 19.5 Å². The van der Waals surface area contributed by atoms with Crippen molar-refractivity contribution >= 4 is 45.3 Å². The molecule has 1 unspecified atom stereocenters. The zero-order valence-electron chi connectivity index (χ0n) is 20.0. The summed E-state index contributed by atoms with van der Waals surface area (Å²) in [4.78, 5) is 50.0. The first-order chi connectivity index (χ1) is 16.6. The number of ether oxygens (including phenoxy) is 2. The van der Waals surface area contributed by atoms with E-state index in [2.05, 4.69) is 9.97 Å². The van der Waals surface area contributed by atoms with Crippen LogP contribution in [0.25, 0.3) is 0 Å². The third-order valence-corrected chi connectivity index (χ3v) is 7.93. The van der Waals surface area contributed by atoms with E-state index in [1.807, 2.05) is 0 Å². The number of rotatable bonds is 7. The molecule has 2 aromatic heterocycles. The number of methoxy groups -OCH3 is 2. The molecule has 0 aliphatic carbocycles. The Labute approximate surface area is 209 Å². The van der Waals surface area contributed by atoms with Crippen molar-refractivity contribution in [1.29, 1.82) is 0 Å². The van der Waals surface area contributed by atoms with Crippen molar-refractivity contribution in [3.63, 3.8) is 0 Å². The highest BCUT2D eigenvalue weighted by Crippen LogP contribution is 2.47. The van der Waals surface area contributed by atoms with Crippen LogP contribution >= 0.6 is 22.7 Å². The minimum Gasteiger partial charge on any atom is -0.503 e. The fourth-order valence-electron chi connectivity index (χ4n) is 4.06. The van der Waals surface area contributed by atoms with E-state index in [4.69, 9.17) is 9.47 Å². The van der Waals surface area contributed by atoms with E-state index < -0.39 is 23.5 Å². The predicted molar refractivity (Wildman–Crippen MR) is 132 cm³/mol. The highest BCUT2D eigenvalue weighted by Gasteiger charge is 2.48. The second-order valence-electron chi connectivity index (χ2n) is 7.89. The molecule has 1 atom stereocenters. The van der Waals surface area contributed by atoms with Crippen molar-refractivity contribution in [3.8, 4) is 11.5 Å². The predicted octanol–water partition coefficient (Wildman–Crippen LogP) is 4.53. The number of hydrogen-bond donors (Lipinski definition) is 1. The summed E-state index contributed by atoms with van der Waals surface area (Å²) in [7, 11) is 2.96. The quantitative estimate of drug-likeness (QED) is 0.458. The summed E-state index contributed by atoms with van der Waals surface area (Å²) in [5.41, 5.74) is 1.26. The molecule has 1 aliphatic heterocycles. The number of amides is 1. The number of carbonyl (C=O) groups is 3. The van der Waals surface area contributed by atoms with Gasteiger partial charge >= 0.3 is 0 Å². The van der Waals surface area contributed by atoms with Gasteiger partial charge in [-0.15, -0.1) is 11.3 Å². The maximum Gasteiger partial charge on any atom is 0.296 e. The Morgan fingerprint density at radius 3 is 2.26 bits per heavy atom. The SMILES string of the molecule is COc1ccc(OC)c(C2C(C(=O)c3sc(C)nc3C)=C(O)C(=O)N2c2nc(C)c(C(C)=O)s2)c1. The Hall–Kier alpha value is -3.57. The van der Waals surface area contributed by atoms with Gasteiger partial charge in [-0.25, -0.2) is 9.97 Å². The van der Waals surface area contributed by atoms with Crippen LogP contribution in [-0.2, 0) is 4.79 Å². The summed E-state index contributed by atoms with van der Waals surface area (Å²) >= 11 is 2.21. The van der Waals surface area contributed by atoms with E-state index >= 15 is 0 Å². The van der Waals surface area contributed by atoms with Crippen LogP contribution in [0.3, 0.4) is 0 Å². The molecule has 1 N–H and O–H groups in total. The molecule has 0 spiro atoms. The lowest BCUT2D eigenvalue weighted by Gasteiger charge is -2.26. The second kappa shape index (κ2) is 9.23. The number of anilines is 1. The van der Waals surface area contributed by atoms with Gasteiger partial charge in [-0.05, 0) is 39.0 Å². The van der Waals surface area contributed by atoms with Crippen LogP contribution in [0.5, 0.6) is 11.5 Å². The van der Waals surface area contributed by atoms with Gasteiger partial charge in [0.2, 0.25) is 5.78 Å². The van der Waals surface area contributed by atoms with E-state index in [0.717, 1.165) is 11.3 Å². The molecule has 1 aliphatic rings. The standard InChI is InChI=1S/C24H23N3O6S2/c1-10-21(12(3)28)35-24(26-10)27-18(15-9-14(32-5)7-8-16(15)33-6)17(20(30)23(27)31)19(29)22-11(2)25-13(4)34-22/h7-9,18,30H,1-6H3. The van der Waals surface area contributed by atoms with Crippen molar-refractivity contribution in [2.24, 2.45) is 0 Å².